The van der Waals surface area contributed by atoms with Crippen LogP contribution in [-0.2, 0) is 9.53 Å². The number of ether oxygens (including phenoxy) is 2. The number of Topliss-reactive ketones (excluding diaryl/α,β-unsaturated/α-hetero) is 1. The third-order valence-electron chi connectivity index (χ3n) is 3.81. The Morgan fingerprint density at radius 2 is 1.82 bits per heavy atom. The average molecular weight is 386 g/mol. The number of ketones is 1. The van der Waals surface area contributed by atoms with Crippen LogP contribution in [0.25, 0.3) is 0 Å². The third-order valence-corrected chi connectivity index (χ3v) is 3.81. The van der Waals surface area contributed by atoms with Crippen molar-refractivity contribution >= 4 is 29.0 Å². The first kappa shape index (κ1) is 20.6. The molecule has 1 amide bonds. The van der Waals surface area contributed by atoms with Crippen LogP contribution in [0.2, 0.25) is 0 Å². The number of benzene rings is 2. The number of nitrogens with zero attached hydrogens (tertiary/aromatic N) is 1. The Labute approximate surface area is 160 Å². The summed E-state index contributed by atoms with van der Waals surface area (Å²) < 4.78 is 9.95. The van der Waals surface area contributed by atoms with Crippen molar-refractivity contribution in [2.24, 2.45) is 0 Å². The molecule has 0 saturated carbocycles. The smallest absolute Gasteiger partial charge is 0.338 e. The maximum atomic E-state index is 12.4. The SMILES string of the molecule is COC(=O)c1ccc(O[C@@H](C)C(=O)Nc2ccccc2C(C)=O)c([N+](=O)[O-])c1. The van der Waals surface area contributed by atoms with E-state index in [9.17, 15) is 24.5 Å². The van der Waals surface area contributed by atoms with Crippen LogP contribution >= 0.6 is 0 Å². The first-order chi connectivity index (χ1) is 13.2. The van der Waals surface area contributed by atoms with Gasteiger partial charge in [0.1, 0.15) is 0 Å². The van der Waals surface area contributed by atoms with Gasteiger partial charge in [0.2, 0.25) is 0 Å². The largest absolute Gasteiger partial charge is 0.474 e. The van der Waals surface area contributed by atoms with E-state index in [1.54, 1.807) is 24.3 Å². The number of para-hydroxylation sites is 1. The van der Waals surface area contributed by atoms with Gasteiger partial charge in [-0.2, -0.15) is 0 Å². The molecule has 0 fully saturated rings. The zero-order chi connectivity index (χ0) is 20.8. The zero-order valence-corrected chi connectivity index (χ0v) is 15.4. The normalized spacial score (nSPS) is 11.2. The molecule has 0 bridgehead atoms. The molecule has 0 aliphatic rings. The van der Waals surface area contributed by atoms with Crippen LogP contribution in [0.15, 0.2) is 42.5 Å². The number of nitro groups is 1. The number of nitrogens with one attached hydrogen (secondary N) is 1. The molecule has 0 unspecified atom stereocenters. The second kappa shape index (κ2) is 8.76. The Kier molecular flexibility index (Phi) is 6.43. The highest BCUT2D eigenvalue weighted by atomic mass is 16.6. The molecule has 9 heteroatoms. The topological polar surface area (TPSA) is 125 Å². The number of amides is 1. The van der Waals surface area contributed by atoms with Crippen molar-refractivity contribution in [3.8, 4) is 5.75 Å². The van der Waals surface area contributed by atoms with E-state index in [0.717, 1.165) is 13.2 Å². The molecular formula is C19H18N2O7. The minimum Gasteiger partial charge on any atom is -0.474 e. The van der Waals surface area contributed by atoms with Crippen LogP contribution in [0.5, 0.6) is 5.75 Å². The van der Waals surface area contributed by atoms with Crippen molar-refractivity contribution < 1.29 is 28.8 Å². The molecule has 0 aliphatic heterocycles. The number of esters is 1. The maximum Gasteiger partial charge on any atom is 0.338 e. The maximum absolute atomic E-state index is 12.4. The van der Waals surface area contributed by atoms with E-state index >= 15 is 0 Å². The van der Waals surface area contributed by atoms with Crippen LogP contribution in [0.4, 0.5) is 11.4 Å². The molecule has 1 N–H and O–H groups in total. The van der Waals surface area contributed by atoms with Gasteiger partial charge in [-0.05, 0) is 38.1 Å². The Balaban J connectivity index is 2.21. The second-order valence-corrected chi connectivity index (χ2v) is 5.78. The molecule has 1 atom stereocenters. The number of nitro benzene ring substituents is 1. The molecule has 2 aromatic carbocycles. The van der Waals surface area contributed by atoms with Gasteiger partial charge in [0.15, 0.2) is 17.6 Å². The van der Waals surface area contributed by atoms with Gasteiger partial charge in [0, 0.05) is 11.6 Å². The number of hydrogen-bond donors (Lipinski definition) is 1. The summed E-state index contributed by atoms with van der Waals surface area (Å²) >= 11 is 0. The quantitative estimate of drug-likeness (QED) is 0.336. The minimum absolute atomic E-state index is 0.0194. The van der Waals surface area contributed by atoms with Crippen molar-refractivity contribution in [1.82, 2.24) is 0 Å². The Morgan fingerprint density at radius 1 is 1.14 bits per heavy atom. The molecular weight excluding hydrogens is 368 g/mol. The Morgan fingerprint density at radius 3 is 2.43 bits per heavy atom. The first-order valence-electron chi connectivity index (χ1n) is 8.18. The van der Waals surface area contributed by atoms with Gasteiger partial charge in [0.05, 0.1) is 23.3 Å². The van der Waals surface area contributed by atoms with E-state index in [4.69, 9.17) is 4.74 Å². The molecule has 0 saturated heterocycles. The fraction of sp³-hybridized carbons (Fsp3) is 0.211. The van der Waals surface area contributed by atoms with Crippen molar-refractivity contribution in [3.63, 3.8) is 0 Å². The van der Waals surface area contributed by atoms with E-state index in [2.05, 4.69) is 10.1 Å². The summed E-state index contributed by atoms with van der Waals surface area (Å²) in [6, 6.07) is 9.98. The van der Waals surface area contributed by atoms with Crippen LogP contribution in [0.3, 0.4) is 0 Å². The van der Waals surface area contributed by atoms with Crippen LogP contribution in [0, 0.1) is 10.1 Å². The van der Waals surface area contributed by atoms with Crippen molar-refractivity contribution in [1.29, 1.82) is 0 Å². The number of carbonyl (C=O) groups is 3. The van der Waals surface area contributed by atoms with Gasteiger partial charge in [-0.1, -0.05) is 12.1 Å². The molecule has 0 aliphatic carbocycles. The molecule has 0 aromatic heterocycles. The fourth-order valence-corrected chi connectivity index (χ4v) is 2.38. The van der Waals surface area contributed by atoms with Gasteiger partial charge in [-0.15, -0.1) is 0 Å². The van der Waals surface area contributed by atoms with Crippen molar-refractivity contribution in [2.75, 3.05) is 12.4 Å². The highest BCUT2D eigenvalue weighted by molar-refractivity contribution is 6.04. The van der Waals surface area contributed by atoms with E-state index in [1.165, 1.54) is 26.0 Å². The van der Waals surface area contributed by atoms with E-state index in [0.29, 0.717) is 11.3 Å². The van der Waals surface area contributed by atoms with Crippen LogP contribution in [0.1, 0.15) is 34.6 Å². The van der Waals surface area contributed by atoms with E-state index < -0.39 is 28.6 Å². The molecule has 0 heterocycles. The predicted octanol–water partition coefficient (Wildman–Crippen LogP) is 2.99. The number of hydrogen-bond acceptors (Lipinski definition) is 7. The molecule has 146 valence electrons. The van der Waals surface area contributed by atoms with Gasteiger partial charge in [-0.25, -0.2) is 4.79 Å². The Hall–Kier alpha value is -3.75. The van der Waals surface area contributed by atoms with Gasteiger partial charge < -0.3 is 14.8 Å². The molecule has 0 radical (unpaired) electrons. The summed E-state index contributed by atoms with van der Waals surface area (Å²) in [5.74, 6) is -1.74. The van der Waals surface area contributed by atoms with Crippen molar-refractivity contribution in [2.45, 2.75) is 20.0 Å². The van der Waals surface area contributed by atoms with Crippen molar-refractivity contribution in [3.05, 3.63) is 63.7 Å². The monoisotopic (exact) mass is 386 g/mol. The minimum atomic E-state index is -1.11. The number of methoxy groups -OCH3 is 1. The predicted molar refractivity (Wildman–Crippen MR) is 99.6 cm³/mol. The second-order valence-electron chi connectivity index (χ2n) is 5.78. The number of rotatable bonds is 7. The fourth-order valence-electron chi connectivity index (χ4n) is 2.38. The third kappa shape index (κ3) is 4.70. The lowest BCUT2D eigenvalue weighted by Crippen LogP contribution is -2.30. The highest BCUT2D eigenvalue weighted by Crippen LogP contribution is 2.29. The summed E-state index contributed by atoms with van der Waals surface area (Å²) in [4.78, 5) is 46.1. The lowest BCUT2D eigenvalue weighted by Gasteiger charge is -2.16. The number of carbonyl (C=O) groups excluding carboxylic acids is 3. The molecule has 2 aromatic rings. The Bertz CT molecular complexity index is 940. The van der Waals surface area contributed by atoms with Gasteiger partial charge in [0.25, 0.3) is 5.91 Å². The van der Waals surface area contributed by atoms with Gasteiger partial charge >= 0.3 is 11.7 Å². The standard InChI is InChI=1S/C19H18N2O7/c1-11(22)14-6-4-5-7-15(14)20-18(23)12(2)28-17-9-8-13(19(24)27-3)10-16(17)21(25)26/h4-10,12H,1-3H3,(H,20,23)/t12-/m0/s1. The summed E-state index contributed by atoms with van der Waals surface area (Å²) in [5, 5.41) is 13.9. The molecule has 2 rings (SSSR count). The zero-order valence-electron chi connectivity index (χ0n) is 15.4. The van der Waals surface area contributed by atoms with Gasteiger partial charge in [-0.3, -0.25) is 19.7 Å². The lowest BCUT2D eigenvalue weighted by molar-refractivity contribution is -0.386. The molecule has 0 spiro atoms. The molecule has 9 nitrogen and oxygen atoms in total. The molecule has 28 heavy (non-hydrogen) atoms. The summed E-state index contributed by atoms with van der Waals surface area (Å²) in [6.07, 6.45) is -1.11. The lowest BCUT2D eigenvalue weighted by atomic mass is 10.1. The van der Waals surface area contributed by atoms with Crippen LogP contribution < -0.4 is 10.1 Å². The average Bonchev–Trinajstić information content (AvgIpc) is 2.67. The summed E-state index contributed by atoms with van der Waals surface area (Å²) in [6.45, 7) is 2.78. The highest BCUT2D eigenvalue weighted by Gasteiger charge is 2.24. The first-order valence-corrected chi connectivity index (χ1v) is 8.18. The number of anilines is 1. The van der Waals surface area contributed by atoms with E-state index in [-0.39, 0.29) is 17.1 Å². The summed E-state index contributed by atoms with van der Waals surface area (Å²) in [5.41, 5.74) is 0.142. The van der Waals surface area contributed by atoms with E-state index in [1.807, 2.05) is 0 Å². The summed E-state index contributed by atoms with van der Waals surface area (Å²) in [7, 11) is 1.16. The van der Waals surface area contributed by atoms with Crippen LogP contribution in [-0.4, -0.2) is 35.8 Å².